The molecule has 2 aromatic rings. The van der Waals surface area contributed by atoms with Crippen LogP contribution in [0.1, 0.15) is 25.0 Å². The maximum absolute atomic E-state index is 13.0. The second-order valence-electron chi connectivity index (χ2n) is 7.57. The number of morpholine rings is 1. The lowest BCUT2D eigenvalue weighted by molar-refractivity contribution is -0.111. The van der Waals surface area contributed by atoms with Gasteiger partial charge >= 0.3 is 0 Å². The molecule has 0 unspecified atom stereocenters. The third-order valence-corrected chi connectivity index (χ3v) is 6.58. The van der Waals surface area contributed by atoms with Crippen LogP contribution in [0, 0.1) is 6.92 Å². The summed E-state index contributed by atoms with van der Waals surface area (Å²) in [7, 11) is -3.70. The fourth-order valence-electron chi connectivity index (χ4n) is 3.08. The summed E-state index contributed by atoms with van der Waals surface area (Å²) in [6, 6.07) is 12.3. The normalized spacial score (nSPS) is 15.4. The van der Waals surface area contributed by atoms with E-state index >= 15 is 0 Å². The van der Waals surface area contributed by atoms with Crippen molar-refractivity contribution in [1.82, 2.24) is 4.31 Å². The number of anilines is 1. The van der Waals surface area contributed by atoms with E-state index in [1.807, 2.05) is 45.0 Å². The zero-order valence-corrected chi connectivity index (χ0v) is 18.8. The van der Waals surface area contributed by atoms with Crippen LogP contribution in [-0.4, -0.2) is 51.0 Å². The number of sulfonamides is 1. The maximum atomic E-state index is 13.0. The summed E-state index contributed by atoms with van der Waals surface area (Å²) in [4.78, 5) is 12.6. The van der Waals surface area contributed by atoms with Crippen LogP contribution in [0.15, 0.2) is 53.4 Å². The zero-order chi connectivity index (χ0) is 22.4. The molecule has 31 heavy (non-hydrogen) atoms. The molecule has 0 atom stereocenters. The van der Waals surface area contributed by atoms with Gasteiger partial charge in [-0.15, -0.1) is 0 Å². The Bertz CT molecular complexity index is 1040. The van der Waals surface area contributed by atoms with Crippen LogP contribution in [0.3, 0.4) is 0 Å². The fourth-order valence-corrected chi connectivity index (χ4v) is 4.52. The van der Waals surface area contributed by atoms with Crippen molar-refractivity contribution >= 4 is 27.7 Å². The summed E-state index contributed by atoms with van der Waals surface area (Å²) in [5, 5.41) is 2.75. The average molecular weight is 445 g/mol. The topological polar surface area (TPSA) is 84.9 Å². The smallest absolute Gasteiger partial charge is 0.248 e. The van der Waals surface area contributed by atoms with Gasteiger partial charge in [0, 0.05) is 19.2 Å². The standard InChI is InChI=1S/C23H28N2O5S/c1-17(2)30-22-10-9-20(31(27,28)25-12-14-29-15-13-25)16-21(22)24-23(26)11-8-19-6-4-18(3)5-7-19/h4-11,16-17H,12-15H2,1-3H3,(H,24,26)/b11-8-. The van der Waals surface area contributed by atoms with Gasteiger partial charge in [0.25, 0.3) is 0 Å². The van der Waals surface area contributed by atoms with Crippen molar-refractivity contribution in [3.63, 3.8) is 0 Å². The molecule has 1 aliphatic heterocycles. The minimum Gasteiger partial charge on any atom is -0.489 e. The number of rotatable bonds is 7. The molecule has 0 saturated carbocycles. The largest absolute Gasteiger partial charge is 0.489 e. The van der Waals surface area contributed by atoms with E-state index in [2.05, 4.69) is 5.32 Å². The van der Waals surface area contributed by atoms with E-state index in [0.717, 1.165) is 11.1 Å². The molecule has 1 N–H and O–H groups in total. The number of ether oxygens (including phenoxy) is 2. The Balaban J connectivity index is 1.84. The van der Waals surface area contributed by atoms with Crippen molar-refractivity contribution in [2.75, 3.05) is 31.6 Å². The monoisotopic (exact) mass is 444 g/mol. The maximum Gasteiger partial charge on any atom is 0.248 e. The first-order chi connectivity index (χ1) is 14.8. The van der Waals surface area contributed by atoms with Crippen LogP contribution in [0.4, 0.5) is 5.69 Å². The molecule has 0 aromatic heterocycles. The van der Waals surface area contributed by atoms with Crippen molar-refractivity contribution < 1.29 is 22.7 Å². The molecule has 1 saturated heterocycles. The molecule has 7 nitrogen and oxygen atoms in total. The van der Waals surface area contributed by atoms with Crippen molar-refractivity contribution in [2.24, 2.45) is 0 Å². The first-order valence-electron chi connectivity index (χ1n) is 10.2. The van der Waals surface area contributed by atoms with Gasteiger partial charge in [0.1, 0.15) is 5.75 Å². The van der Waals surface area contributed by atoms with Gasteiger partial charge in [-0.25, -0.2) is 8.42 Å². The zero-order valence-electron chi connectivity index (χ0n) is 18.0. The van der Waals surface area contributed by atoms with Crippen LogP contribution in [0.25, 0.3) is 6.08 Å². The third kappa shape index (κ3) is 6.16. The SMILES string of the molecule is Cc1ccc(/C=C\C(=O)Nc2cc(S(=O)(=O)N3CCOCC3)ccc2OC(C)C)cc1. The van der Waals surface area contributed by atoms with Gasteiger partial charge in [-0.2, -0.15) is 4.31 Å². The second kappa shape index (κ2) is 10.1. The summed E-state index contributed by atoms with van der Waals surface area (Å²) in [6.45, 7) is 7.04. The summed E-state index contributed by atoms with van der Waals surface area (Å²) < 4.78 is 38.4. The molecule has 1 fully saturated rings. The Morgan fingerprint density at radius 2 is 1.81 bits per heavy atom. The van der Waals surface area contributed by atoms with Crippen molar-refractivity contribution in [1.29, 1.82) is 0 Å². The van der Waals surface area contributed by atoms with Crippen LogP contribution < -0.4 is 10.1 Å². The number of benzene rings is 2. The third-order valence-electron chi connectivity index (χ3n) is 4.68. The van der Waals surface area contributed by atoms with Crippen molar-refractivity contribution in [2.45, 2.75) is 31.8 Å². The van der Waals surface area contributed by atoms with E-state index in [-0.39, 0.29) is 16.9 Å². The van der Waals surface area contributed by atoms with Crippen molar-refractivity contribution in [3.05, 3.63) is 59.7 Å². The summed E-state index contributed by atoms with van der Waals surface area (Å²) in [5.74, 6) is 0.0307. The van der Waals surface area contributed by atoms with E-state index in [1.54, 1.807) is 12.1 Å². The first-order valence-corrected chi connectivity index (χ1v) is 11.6. The van der Waals surface area contributed by atoms with Crippen LogP contribution in [0.5, 0.6) is 5.75 Å². The molecule has 8 heteroatoms. The molecule has 0 bridgehead atoms. The Morgan fingerprint density at radius 3 is 2.45 bits per heavy atom. The molecule has 0 radical (unpaired) electrons. The molecule has 0 aliphatic carbocycles. The highest BCUT2D eigenvalue weighted by molar-refractivity contribution is 7.89. The number of hydrogen-bond acceptors (Lipinski definition) is 5. The highest BCUT2D eigenvalue weighted by Gasteiger charge is 2.27. The minimum absolute atomic E-state index is 0.100. The lowest BCUT2D eigenvalue weighted by Gasteiger charge is -2.26. The minimum atomic E-state index is -3.70. The number of nitrogens with one attached hydrogen (secondary N) is 1. The molecule has 1 aliphatic rings. The Hall–Kier alpha value is -2.68. The second-order valence-corrected chi connectivity index (χ2v) is 9.51. The fraction of sp³-hybridized carbons (Fsp3) is 0.348. The lowest BCUT2D eigenvalue weighted by Crippen LogP contribution is -2.40. The predicted molar refractivity (Wildman–Crippen MR) is 121 cm³/mol. The highest BCUT2D eigenvalue weighted by atomic mass is 32.2. The van der Waals surface area contributed by atoms with Gasteiger partial charge in [-0.1, -0.05) is 29.8 Å². The summed E-state index contributed by atoms with van der Waals surface area (Å²) in [6.07, 6.45) is 2.97. The van der Waals surface area contributed by atoms with Crippen LogP contribution >= 0.6 is 0 Å². The van der Waals surface area contributed by atoms with Gasteiger partial charge in [-0.3, -0.25) is 4.79 Å². The summed E-state index contributed by atoms with van der Waals surface area (Å²) >= 11 is 0. The van der Waals surface area contributed by atoms with Gasteiger partial charge < -0.3 is 14.8 Å². The van der Waals surface area contributed by atoms with Gasteiger partial charge in [-0.05, 0) is 50.6 Å². The van der Waals surface area contributed by atoms with E-state index in [9.17, 15) is 13.2 Å². The van der Waals surface area contributed by atoms with Gasteiger partial charge in [0.2, 0.25) is 15.9 Å². The quantitative estimate of drug-likeness (QED) is 0.661. The Labute approximate surface area is 183 Å². The number of carbonyl (C=O) groups excluding carboxylic acids is 1. The van der Waals surface area contributed by atoms with Gasteiger partial charge in [0.15, 0.2) is 0 Å². The highest BCUT2D eigenvalue weighted by Crippen LogP contribution is 2.30. The molecule has 0 spiro atoms. The molecule has 166 valence electrons. The summed E-state index contributed by atoms with van der Waals surface area (Å²) in [5.41, 5.74) is 2.33. The molecule has 1 amide bonds. The number of nitrogens with zero attached hydrogens (tertiary/aromatic N) is 1. The van der Waals surface area contributed by atoms with Crippen molar-refractivity contribution in [3.8, 4) is 5.75 Å². The predicted octanol–water partition coefficient (Wildman–Crippen LogP) is 3.46. The number of carbonyl (C=O) groups is 1. The number of hydrogen-bond donors (Lipinski definition) is 1. The molecule has 3 rings (SSSR count). The number of aryl methyl sites for hydroxylation is 1. The average Bonchev–Trinajstić information content (AvgIpc) is 2.75. The van der Waals surface area contributed by atoms with E-state index in [4.69, 9.17) is 9.47 Å². The van der Waals surface area contributed by atoms with Gasteiger partial charge in [0.05, 0.1) is 29.9 Å². The van der Waals surface area contributed by atoms with E-state index in [0.29, 0.717) is 37.7 Å². The van der Waals surface area contributed by atoms with E-state index < -0.39 is 10.0 Å². The Kier molecular flexibility index (Phi) is 7.48. The van der Waals surface area contributed by atoms with Crippen LogP contribution in [-0.2, 0) is 19.6 Å². The molecular formula is C23H28N2O5S. The first kappa shape index (κ1) is 23.0. The number of amides is 1. The van der Waals surface area contributed by atoms with Crippen LogP contribution in [0.2, 0.25) is 0 Å². The molecule has 2 aromatic carbocycles. The molecule has 1 heterocycles. The Morgan fingerprint density at radius 1 is 1.13 bits per heavy atom. The lowest BCUT2D eigenvalue weighted by atomic mass is 10.1. The molecular weight excluding hydrogens is 416 g/mol. The van der Waals surface area contributed by atoms with E-state index in [1.165, 1.54) is 22.5 Å².